The molecule has 0 radical (unpaired) electrons. The summed E-state index contributed by atoms with van der Waals surface area (Å²) >= 11 is 0. The molecule has 114 valence electrons. The van der Waals surface area contributed by atoms with Crippen molar-refractivity contribution >= 4 is 5.91 Å². The number of amides is 1. The number of carbonyl (C=O) groups is 1. The van der Waals surface area contributed by atoms with E-state index >= 15 is 0 Å². The zero-order chi connectivity index (χ0) is 15.4. The van der Waals surface area contributed by atoms with Gasteiger partial charge in [0, 0.05) is 19.5 Å². The fourth-order valence-corrected chi connectivity index (χ4v) is 2.93. The normalized spacial score (nSPS) is 21.6. The highest BCUT2D eigenvalue weighted by Gasteiger charge is 2.36. The summed E-state index contributed by atoms with van der Waals surface area (Å²) in [7, 11) is 0. The molecule has 3 rings (SSSR count). The zero-order valence-corrected chi connectivity index (χ0v) is 12.4. The van der Waals surface area contributed by atoms with Gasteiger partial charge in [-0.15, -0.1) is 0 Å². The van der Waals surface area contributed by atoms with Gasteiger partial charge in [-0.25, -0.2) is 0 Å². The number of likely N-dealkylation sites (tertiary alicyclic amines) is 1. The van der Waals surface area contributed by atoms with Gasteiger partial charge < -0.3 is 10.5 Å². The van der Waals surface area contributed by atoms with Gasteiger partial charge in [0.25, 0.3) is 0 Å². The van der Waals surface area contributed by atoms with E-state index in [1.165, 1.54) is 5.56 Å². The van der Waals surface area contributed by atoms with Gasteiger partial charge in [-0.1, -0.05) is 48.5 Å². The Morgan fingerprint density at radius 3 is 2.36 bits per heavy atom. The van der Waals surface area contributed by atoms with E-state index in [-0.39, 0.29) is 18.1 Å². The van der Waals surface area contributed by atoms with E-state index in [9.17, 15) is 4.79 Å². The molecule has 2 atom stereocenters. The molecule has 1 aliphatic rings. The highest BCUT2D eigenvalue weighted by Crippen LogP contribution is 2.24. The van der Waals surface area contributed by atoms with Crippen molar-refractivity contribution in [1.29, 1.82) is 0 Å². The number of hydrogen-bond donors (Lipinski definition) is 1. The lowest BCUT2D eigenvalue weighted by atomic mass is 10.1. The highest BCUT2D eigenvalue weighted by atomic mass is 16.5. The van der Waals surface area contributed by atoms with E-state index in [1.54, 1.807) is 0 Å². The number of primary amides is 1. The van der Waals surface area contributed by atoms with Crippen LogP contribution >= 0.6 is 0 Å². The van der Waals surface area contributed by atoms with Crippen molar-refractivity contribution in [2.45, 2.75) is 25.1 Å². The smallest absolute Gasteiger partial charge is 0.234 e. The van der Waals surface area contributed by atoms with Gasteiger partial charge in [0.2, 0.25) is 5.91 Å². The first kappa shape index (κ1) is 14.6. The molecule has 1 amide bonds. The van der Waals surface area contributed by atoms with Crippen molar-refractivity contribution in [3.8, 4) is 5.75 Å². The van der Waals surface area contributed by atoms with Crippen LogP contribution in [-0.2, 0) is 11.3 Å². The third kappa shape index (κ3) is 3.46. The largest absolute Gasteiger partial charge is 0.489 e. The van der Waals surface area contributed by atoms with E-state index in [1.807, 2.05) is 48.5 Å². The summed E-state index contributed by atoms with van der Waals surface area (Å²) in [6.45, 7) is 1.42. The highest BCUT2D eigenvalue weighted by molar-refractivity contribution is 5.80. The van der Waals surface area contributed by atoms with Crippen LogP contribution in [0, 0.1) is 0 Å². The van der Waals surface area contributed by atoms with Crippen LogP contribution in [0.5, 0.6) is 5.75 Å². The molecule has 1 aliphatic heterocycles. The Hall–Kier alpha value is -2.33. The van der Waals surface area contributed by atoms with Crippen LogP contribution < -0.4 is 10.5 Å². The molecule has 2 N–H and O–H groups in total. The van der Waals surface area contributed by atoms with Crippen LogP contribution in [0.15, 0.2) is 60.7 Å². The second-order valence-corrected chi connectivity index (χ2v) is 5.62. The lowest BCUT2D eigenvalue weighted by Gasteiger charge is -2.21. The lowest BCUT2D eigenvalue weighted by molar-refractivity contribution is -0.122. The van der Waals surface area contributed by atoms with Gasteiger partial charge in [0.05, 0.1) is 6.04 Å². The van der Waals surface area contributed by atoms with Gasteiger partial charge in [-0.2, -0.15) is 0 Å². The summed E-state index contributed by atoms with van der Waals surface area (Å²) in [5.74, 6) is 0.548. The molecule has 0 saturated carbocycles. The van der Waals surface area contributed by atoms with E-state index in [4.69, 9.17) is 10.5 Å². The van der Waals surface area contributed by atoms with Crippen molar-refractivity contribution in [3.05, 3.63) is 66.2 Å². The maximum Gasteiger partial charge on any atom is 0.234 e. The van der Waals surface area contributed by atoms with Gasteiger partial charge in [0.1, 0.15) is 11.9 Å². The van der Waals surface area contributed by atoms with Crippen LogP contribution in [0.25, 0.3) is 0 Å². The van der Waals surface area contributed by atoms with Gasteiger partial charge in [-0.05, 0) is 17.7 Å². The van der Waals surface area contributed by atoms with E-state index in [0.29, 0.717) is 19.5 Å². The molecule has 1 saturated heterocycles. The maximum absolute atomic E-state index is 11.7. The Morgan fingerprint density at radius 2 is 1.73 bits per heavy atom. The fourth-order valence-electron chi connectivity index (χ4n) is 2.93. The lowest BCUT2D eigenvalue weighted by Crippen LogP contribution is -2.39. The van der Waals surface area contributed by atoms with Crippen LogP contribution in [0.3, 0.4) is 0 Å². The summed E-state index contributed by atoms with van der Waals surface area (Å²) in [6, 6.07) is 19.5. The topological polar surface area (TPSA) is 55.6 Å². The van der Waals surface area contributed by atoms with Crippen LogP contribution in [0.1, 0.15) is 12.0 Å². The van der Waals surface area contributed by atoms with E-state index < -0.39 is 0 Å². The van der Waals surface area contributed by atoms with Gasteiger partial charge in [-0.3, -0.25) is 9.69 Å². The molecule has 2 aromatic rings. The molecule has 2 aromatic carbocycles. The molecule has 0 aromatic heterocycles. The van der Waals surface area contributed by atoms with E-state index in [0.717, 1.165) is 5.75 Å². The standard InChI is InChI=1S/C18H20N2O2/c19-18(21)17-11-16(22-15-9-5-2-6-10-15)13-20(17)12-14-7-3-1-4-8-14/h1-10,16-17H,11-13H2,(H2,19,21). The molecule has 0 spiro atoms. The number of rotatable bonds is 5. The molecule has 1 heterocycles. The SMILES string of the molecule is NC(=O)C1CC(Oc2ccccc2)CN1Cc1ccccc1. The summed E-state index contributed by atoms with van der Waals surface area (Å²) < 4.78 is 5.97. The third-order valence-electron chi connectivity index (χ3n) is 3.97. The van der Waals surface area contributed by atoms with Crippen molar-refractivity contribution in [3.63, 3.8) is 0 Å². The molecule has 0 bridgehead atoms. The second-order valence-electron chi connectivity index (χ2n) is 5.62. The Bertz CT molecular complexity index is 615. The van der Waals surface area contributed by atoms with Crippen LogP contribution in [0.2, 0.25) is 0 Å². The van der Waals surface area contributed by atoms with Crippen LogP contribution in [-0.4, -0.2) is 29.5 Å². The quantitative estimate of drug-likeness (QED) is 0.920. The molecule has 4 heteroatoms. The first-order valence-electron chi connectivity index (χ1n) is 7.51. The van der Waals surface area contributed by atoms with Crippen LogP contribution in [0.4, 0.5) is 0 Å². The Morgan fingerprint density at radius 1 is 1.09 bits per heavy atom. The monoisotopic (exact) mass is 296 g/mol. The average Bonchev–Trinajstić information content (AvgIpc) is 2.92. The van der Waals surface area contributed by atoms with Crippen molar-refractivity contribution in [1.82, 2.24) is 4.90 Å². The number of nitrogens with zero attached hydrogens (tertiary/aromatic N) is 1. The summed E-state index contributed by atoms with van der Waals surface area (Å²) in [5, 5.41) is 0. The minimum Gasteiger partial charge on any atom is -0.489 e. The first-order valence-corrected chi connectivity index (χ1v) is 7.51. The second kappa shape index (κ2) is 6.62. The number of benzene rings is 2. The number of ether oxygens (including phenoxy) is 1. The molecule has 22 heavy (non-hydrogen) atoms. The summed E-state index contributed by atoms with van der Waals surface area (Å²) in [6.07, 6.45) is 0.625. The Labute approximate surface area is 130 Å². The molecule has 0 aliphatic carbocycles. The average molecular weight is 296 g/mol. The number of para-hydroxylation sites is 1. The minimum atomic E-state index is -0.282. The molecule has 2 unspecified atom stereocenters. The molecule has 1 fully saturated rings. The number of nitrogens with two attached hydrogens (primary N) is 1. The Balaban J connectivity index is 1.68. The van der Waals surface area contributed by atoms with Crippen molar-refractivity contribution in [2.75, 3.05) is 6.54 Å². The number of carbonyl (C=O) groups excluding carboxylic acids is 1. The van der Waals surface area contributed by atoms with Gasteiger partial charge in [0.15, 0.2) is 0 Å². The maximum atomic E-state index is 11.7. The van der Waals surface area contributed by atoms with Gasteiger partial charge >= 0.3 is 0 Å². The molecular formula is C18H20N2O2. The summed E-state index contributed by atoms with van der Waals surface area (Å²) in [5.41, 5.74) is 6.74. The predicted octanol–water partition coefficient (Wildman–Crippen LogP) is 2.19. The Kier molecular flexibility index (Phi) is 4.39. The van der Waals surface area contributed by atoms with E-state index in [2.05, 4.69) is 17.0 Å². The minimum absolute atomic E-state index is 0.0105. The van der Waals surface area contributed by atoms with Crippen molar-refractivity contribution in [2.24, 2.45) is 5.73 Å². The number of hydrogen-bond acceptors (Lipinski definition) is 3. The molecular weight excluding hydrogens is 276 g/mol. The summed E-state index contributed by atoms with van der Waals surface area (Å²) in [4.78, 5) is 13.8. The fraction of sp³-hybridized carbons (Fsp3) is 0.278. The predicted molar refractivity (Wildman–Crippen MR) is 85.3 cm³/mol. The zero-order valence-electron chi connectivity index (χ0n) is 12.4. The van der Waals surface area contributed by atoms with Crippen molar-refractivity contribution < 1.29 is 9.53 Å². The molecule has 4 nitrogen and oxygen atoms in total. The third-order valence-corrected chi connectivity index (χ3v) is 3.97. The first-order chi connectivity index (χ1) is 10.7.